The Morgan fingerprint density at radius 3 is 2.27 bits per heavy atom. The lowest BCUT2D eigenvalue weighted by atomic mass is 10.1. The summed E-state index contributed by atoms with van der Waals surface area (Å²) >= 11 is 0. The number of nitro benzene ring substituents is 2. The van der Waals surface area contributed by atoms with Crippen LogP contribution in [0.5, 0.6) is 0 Å². The van der Waals surface area contributed by atoms with E-state index in [0.717, 1.165) is 18.3 Å². The normalized spacial score (nSPS) is 10.6. The minimum atomic E-state index is -1.35. The third kappa shape index (κ3) is 2.71. The van der Waals surface area contributed by atoms with Crippen LogP contribution in [0.4, 0.5) is 11.4 Å². The van der Waals surface area contributed by atoms with Gasteiger partial charge in [0.2, 0.25) is 0 Å². The van der Waals surface area contributed by atoms with E-state index < -0.39 is 44.0 Å². The SMILES string of the molecule is O=C(c1cc([N+](=O)[O-])cc([N+](=O)[O-])c1)n1c(=O)oc2cnccc2c1=O. The molecular formula is C14H6N4O8. The van der Waals surface area contributed by atoms with Gasteiger partial charge in [-0.25, -0.2) is 4.79 Å². The van der Waals surface area contributed by atoms with E-state index in [4.69, 9.17) is 4.42 Å². The molecular weight excluding hydrogens is 352 g/mol. The van der Waals surface area contributed by atoms with Crippen molar-refractivity contribution < 1.29 is 19.1 Å². The third-order valence-corrected chi connectivity index (χ3v) is 3.37. The first-order valence-electron chi connectivity index (χ1n) is 6.78. The number of nitro groups is 2. The Labute approximate surface area is 141 Å². The van der Waals surface area contributed by atoms with Crippen molar-refractivity contribution in [3.05, 3.63) is 83.4 Å². The number of nitrogens with zero attached hydrogens (tertiary/aromatic N) is 4. The first kappa shape index (κ1) is 16.6. The van der Waals surface area contributed by atoms with Gasteiger partial charge in [0.1, 0.15) is 0 Å². The number of non-ortho nitro benzene ring substituents is 2. The molecule has 0 saturated carbocycles. The van der Waals surface area contributed by atoms with E-state index in [9.17, 15) is 34.6 Å². The van der Waals surface area contributed by atoms with Crippen LogP contribution in [0.25, 0.3) is 11.0 Å². The summed E-state index contributed by atoms with van der Waals surface area (Å²) in [7, 11) is 0. The molecule has 3 rings (SSSR count). The van der Waals surface area contributed by atoms with Gasteiger partial charge in [-0.1, -0.05) is 0 Å². The van der Waals surface area contributed by atoms with Crippen LogP contribution in [-0.2, 0) is 0 Å². The Hall–Kier alpha value is -4.22. The van der Waals surface area contributed by atoms with Crippen molar-refractivity contribution in [3.63, 3.8) is 0 Å². The topological polar surface area (TPSA) is 168 Å². The molecule has 0 radical (unpaired) electrons. The van der Waals surface area contributed by atoms with Gasteiger partial charge >= 0.3 is 5.76 Å². The average Bonchev–Trinajstić information content (AvgIpc) is 2.61. The molecule has 12 heteroatoms. The van der Waals surface area contributed by atoms with Crippen LogP contribution in [0.15, 0.2) is 50.7 Å². The average molecular weight is 358 g/mol. The number of rotatable bonds is 3. The maximum atomic E-state index is 12.5. The van der Waals surface area contributed by atoms with Gasteiger partial charge in [0.25, 0.3) is 22.8 Å². The van der Waals surface area contributed by atoms with Crippen molar-refractivity contribution in [1.82, 2.24) is 9.55 Å². The predicted octanol–water partition coefficient (Wildman–Crippen LogP) is 0.855. The second kappa shape index (κ2) is 6.01. The molecule has 3 aromatic rings. The Balaban J connectivity index is 2.27. The maximum absolute atomic E-state index is 12.5. The van der Waals surface area contributed by atoms with Crippen LogP contribution in [-0.4, -0.2) is 25.3 Å². The fourth-order valence-electron chi connectivity index (χ4n) is 2.21. The van der Waals surface area contributed by atoms with Gasteiger partial charge in [0, 0.05) is 18.3 Å². The summed E-state index contributed by atoms with van der Waals surface area (Å²) in [4.78, 5) is 60.5. The lowest BCUT2D eigenvalue weighted by Crippen LogP contribution is -2.38. The zero-order chi connectivity index (χ0) is 19.0. The Kier molecular flexibility index (Phi) is 3.84. The molecule has 2 aromatic heterocycles. The van der Waals surface area contributed by atoms with Gasteiger partial charge < -0.3 is 4.42 Å². The molecule has 130 valence electrons. The van der Waals surface area contributed by atoms with Gasteiger partial charge in [-0.15, -0.1) is 0 Å². The molecule has 0 fully saturated rings. The number of aromatic nitrogens is 2. The number of fused-ring (bicyclic) bond motifs is 1. The molecule has 0 aliphatic rings. The molecule has 2 heterocycles. The minimum absolute atomic E-state index is 0.102. The Morgan fingerprint density at radius 2 is 1.69 bits per heavy atom. The smallest absolute Gasteiger partial charge is 0.407 e. The second-order valence-corrected chi connectivity index (χ2v) is 4.94. The summed E-state index contributed by atoms with van der Waals surface area (Å²) in [5, 5.41) is 21.7. The van der Waals surface area contributed by atoms with Crippen LogP contribution < -0.4 is 11.3 Å². The van der Waals surface area contributed by atoms with Crippen LogP contribution in [0.3, 0.4) is 0 Å². The van der Waals surface area contributed by atoms with Gasteiger partial charge in [-0.2, -0.15) is 4.57 Å². The number of pyridine rings is 1. The van der Waals surface area contributed by atoms with Crippen molar-refractivity contribution in [2.75, 3.05) is 0 Å². The molecule has 0 amide bonds. The zero-order valence-corrected chi connectivity index (χ0v) is 12.5. The highest BCUT2D eigenvalue weighted by Crippen LogP contribution is 2.23. The fraction of sp³-hybridized carbons (Fsp3) is 0. The Bertz CT molecular complexity index is 1180. The molecule has 0 bridgehead atoms. The first-order valence-corrected chi connectivity index (χ1v) is 6.78. The van der Waals surface area contributed by atoms with Gasteiger partial charge in [0.15, 0.2) is 5.58 Å². The van der Waals surface area contributed by atoms with E-state index in [2.05, 4.69) is 4.98 Å². The van der Waals surface area contributed by atoms with Gasteiger partial charge in [0.05, 0.1) is 33.1 Å². The minimum Gasteiger partial charge on any atom is -0.407 e. The lowest BCUT2D eigenvalue weighted by molar-refractivity contribution is -0.394. The molecule has 0 saturated heterocycles. The summed E-state index contributed by atoms with van der Waals surface area (Å²) in [5.74, 6) is -2.65. The number of hydrogen-bond acceptors (Lipinski definition) is 9. The van der Waals surface area contributed by atoms with Crippen molar-refractivity contribution in [1.29, 1.82) is 0 Å². The second-order valence-electron chi connectivity index (χ2n) is 4.94. The summed E-state index contributed by atoms with van der Waals surface area (Å²) in [6.45, 7) is 0. The molecule has 0 atom stereocenters. The van der Waals surface area contributed by atoms with Crippen LogP contribution in [0.2, 0.25) is 0 Å². The van der Waals surface area contributed by atoms with Crippen molar-refractivity contribution in [2.24, 2.45) is 0 Å². The number of carbonyl (C=O) groups excluding carboxylic acids is 1. The third-order valence-electron chi connectivity index (χ3n) is 3.37. The largest absolute Gasteiger partial charge is 0.429 e. The monoisotopic (exact) mass is 358 g/mol. The van der Waals surface area contributed by atoms with Gasteiger partial charge in [-0.3, -0.25) is 34.8 Å². The van der Waals surface area contributed by atoms with E-state index in [0.29, 0.717) is 6.07 Å². The number of carbonyl (C=O) groups is 1. The van der Waals surface area contributed by atoms with E-state index in [1.165, 1.54) is 12.3 Å². The summed E-state index contributed by atoms with van der Waals surface area (Å²) < 4.78 is 4.93. The summed E-state index contributed by atoms with van der Waals surface area (Å²) in [6.07, 6.45) is 2.34. The molecule has 12 nitrogen and oxygen atoms in total. The maximum Gasteiger partial charge on any atom is 0.429 e. The highest BCUT2D eigenvalue weighted by molar-refractivity contribution is 5.97. The summed E-state index contributed by atoms with van der Waals surface area (Å²) in [5.41, 5.74) is -3.28. The highest BCUT2D eigenvalue weighted by Gasteiger charge is 2.24. The highest BCUT2D eigenvalue weighted by atomic mass is 16.6. The van der Waals surface area contributed by atoms with Crippen LogP contribution in [0, 0.1) is 20.2 Å². The van der Waals surface area contributed by atoms with E-state index >= 15 is 0 Å². The summed E-state index contributed by atoms with van der Waals surface area (Å²) in [6, 6.07) is 3.30. The van der Waals surface area contributed by atoms with Gasteiger partial charge in [-0.05, 0) is 6.07 Å². The lowest BCUT2D eigenvalue weighted by Gasteiger charge is -2.04. The quantitative estimate of drug-likeness (QED) is 0.486. The van der Waals surface area contributed by atoms with E-state index in [1.807, 2.05) is 0 Å². The van der Waals surface area contributed by atoms with Crippen LogP contribution in [0.1, 0.15) is 10.4 Å². The standard InChI is InChI=1S/C14H6N4O8/c19-12(7-3-8(17(22)23)5-9(4-7)18(24)25)16-13(20)10-1-2-15-6-11(10)26-14(16)21/h1-6H. The van der Waals surface area contributed by atoms with Crippen molar-refractivity contribution in [2.45, 2.75) is 0 Å². The molecule has 0 unspecified atom stereocenters. The van der Waals surface area contributed by atoms with Crippen molar-refractivity contribution >= 4 is 28.3 Å². The Morgan fingerprint density at radius 1 is 1.08 bits per heavy atom. The molecule has 26 heavy (non-hydrogen) atoms. The fourth-order valence-corrected chi connectivity index (χ4v) is 2.21. The predicted molar refractivity (Wildman–Crippen MR) is 84.0 cm³/mol. The van der Waals surface area contributed by atoms with Crippen molar-refractivity contribution in [3.8, 4) is 0 Å². The van der Waals surface area contributed by atoms with E-state index in [1.54, 1.807) is 0 Å². The van der Waals surface area contributed by atoms with Crippen LogP contribution >= 0.6 is 0 Å². The number of benzene rings is 1. The first-order chi connectivity index (χ1) is 12.3. The molecule has 0 aliphatic heterocycles. The number of hydrogen-bond donors (Lipinski definition) is 0. The molecule has 1 aromatic carbocycles. The molecule has 0 aliphatic carbocycles. The molecule has 0 spiro atoms. The van der Waals surface area contributed by atoms with E-state index in [-0.39, 0.29) is 15.5 Å². The molecule has 0 N–H and O–H groups in total. The zero-order valence-electron chi connectivity index (χ0n) is 12.5.